The van der Waals surface area contributed by atoms with E-state index < -0.39 is 38.2 Å². The van der Waals surface area contributed by atoms with Crippen LogP contribution in [0, 0.1) is 16.7 Å². The summed E-state index contributed by atoms with van der Waals surface area (Å²) in [5.41, 5.74) is -7.97. The van der Waals surface area contributed by atoms with Crippen LogP contribution in [-0.2, 0) is 19.1 Å². The SMILES string of the molecule is CC1=C(OS(=O)(=O)C(F)(F)F)[C@]2(C(=O)O)CC[C@@H]1C2(C)C. The molecule has 0 aromatic carbocycles. The predicted molar refractivity (Wildman–Crippen MR) is 65.3 cm³/mol. The van der Waals surface area contributed by atoms with Gasteiger partial charge in [0.15, 0.2) is 0 Å². The Balaban J connectivity index is 2.57. The molecule has 5 nitrogen and oxygen atoms in total. The van der Waals surface area contributed by atoms with Crippen molar-refractivity contribution in [3.05, 3.63) is 11.3 Å². The normalized spacial score (nSPS) is 31.6. The molecule has 0 aliphatic heterocycles. The Bertz CT molecular complexity index is 632. The van der Waals surface area contributed by atoms with Gasteiger partial charge in [-0.05, 0) is 36.7 Å². The van der Waals surface area contributed by atoms with Gasteiger partial charge in [-0.1, -0.05) is 13.8 Å². The molecule has 0 aromatic rings. The number of allylic oxidation sites excluding steroid dienone is 1. The molecule has 0 unspecified atom stereocenters. The van der Waals surface area contributed by atoms with E-state index in [4.69, 9.17) is 0 Å². The molecule has 0 heterocycles. The third-order valence-electron chi connectivity index (χ3n) is 4.89. The van der Waals surface area contributed by atoms with Crippen molar-refractivity contribution in [2.45, 2.75) is 39.1 Å². The van der Waals surface area contributed by atoms with E-state index in [1.54, 1.807) is 13.8 Å². The highest BCUT2D eigenvalue weighted by atomic mass is 32.2. The Labute approximate surface area is 119 Å². The van der Waals surface area contributed by atoms with E-state index in [0.29, 0.717) is 6.42 Å². The third kappa shape index (κ3) is 1.82. The van der Waals surface area contributed by atoms with Crippen LogP contribution in [0.25, 0.3) is 0 Å². The maximum Gasteiger partial charge on any atom is 0.534 e. The summed E-state index contributed by atoms with van der Waals surface area (Å²) in [5, 5.41) is 9.52. The number of fused-ring (bicyclic) bond motifs is 2. The minimum Gasteiger partial charge on any atom is -0.480 e. The monoisotopic (exact) mass is 328 g/mol. The van der Waals surface area contributed by atoms with Gasteiger partial charge < -0.3 is 9.29 Å². The number of carboxylic acid groups (broad SMARTS) is 1. The van der Waals surface area contributed by atoms with Crippen LogP contribution in [-0.4, -0.2) is 25.0 Å². The Morgan fingerprint density at radius 2 is 1.90 bits per heavy atom. The smallest absolute Gasteiger partial charge is 0.480 e. The van der Waals surface area contributed by atoms with Crippen molar-refractivity contribution in [1.82, 2.24) is 0 Å². The van der Waals surface area contributed by atoms with Crippen LogP contribution in [0.1, 0.15) is 33.6 Å². The zero-order chi connectivity index (χ0) is 16.4. The Morgan fingerprint density at radius 1 is 1.38 bits per heavy atom. The molecule has 0 amide bonds. The van der Waals surface area contributed by atoms with Crippen LogP contribution in [0.15, 0.2) is 11.3 Å². The maximum absolute atomic E-state index is 12.5. The molecule has 1 N–H and O–H groups in total. The molecule has 2 bridgehead atoms. The fourth-order valence-corrected chi connectivity index (χ4v) is 4.36. The van der Waals surface area contributed by atoms with Gasteiger partial charge in [0.1, 0.15) is 11.2 Å². The molecule has 2 aliphatic rings. The van der Waals surface area contributed by atoms with Gasteiger partial charge in [-0.3, -0.25) is 4.79 Å². The third-order valence-corrected chi connectivity index (χ3v) is 5.84. The van der Waals surface area contributed by atoms with E-state index in [-0.39, 0.29) is 17.9 Å². The fourth-order valence-electron chi connectivity index (χ4n) is 3.77. The highest BCUT2D eigenvalue weighted by Crippen LogP contribution is 2.68. The van der Waals surface area contributed by atoms with Crippen LogP contribution < -0.4 is 0 Å². The second-order valence-corrected chi connectivity index (χ2v) is 7.56. The van der Waals surface area contributed by atoms with Crippen molar-refractivity contribution in [2.24, 2.45) is 16.7 Å². The second kappa shape index (κ2) is 4.15. The van der Waals surface area contributed by atoms with Crippen molar-refractivity contribution < 1.29 is 35.7 Å². The highest BCUT2D eigenvalue weighted by molar-refractivity contribution is 7.87. The number of hydrogen-bond donors (Lipinski definition) is 1. The van der Waals surface area contributed by atoms with Crippen molar-refractivity contribution >= 4 is 16.1 Å². The van der Waals surface area contributed by atoms with Gasteiger partial charge >= 0.3 is 21.6 Å². The van der Waals surface area contributed by atoms with Crippen LogP contribution in [0.3, 0.4) is 0 Å². The summed E-state index contributed by atoms with van der Waals surface area (Å²) in [6, 6.07) is 0. The molecule has 21 heavy (non-hydrogen) atoms. The lowest BCUT2D eigenvalue weighted by molar-refractivity contribution is -0.153. The lowest BCUT2D eigenvalue weighted by Gasteiger charge is -2.35. The summed E-state index contributed by atoms with van der Waals surface area (Å²) < 4.78 is 64.2. The maximum atomic E-state index is 12.5. The second-order valence-electron chi connectivity index (χ2n) is 6.02. The lowest BCUT2D eigenvalue weighted by Crippen LogP contribution is -2.42. The first kappa shape index (κ1) is 16.1. The molecule has 0 spiro atoms. The van der Waals surface area contributed by atoms with Gasteiger partial charge in [0, 0.05) is 0 Å². The number of rotatable bonds is 3. The summed E-state index contributed by atoms with van der Waals surface area (Å²) in [6.45, 7) is 4.65. The molecular formula is C12H15F3O5S. The van der Waals surface area contributed by atoms with E-state index in [0.717, 1.165) is 0 Å². The molecule has 120 valence electrons. The van der Waals surface area contributed by atoms with Crippen LogP contribution in [0.2, 0.25) is 0 Å². The average molecular weight is 328 g/mol. The van der Waals surface area contributed by atoms with Gasteiger partial charge in [0.05, 0.1) is 0 Å². The van der Waals surface area contributed by atoms with Gasteiger partial charge in [-0.15, -0.1) is 0 Å². The predicted octanol–water partition coefficient (Wildman–Crippen LogP) is 2.65. The van der Waals surface area contributed by atoms with Crippen molar-refractivity contribution in [3.63, 3.8) is 0 Å². The largest absolute Gasteiger partial charge is 0.534 e. The van der Waals surface area contributed by atoms with Crippen molar-refractivity contribution in [2.75, 3.05) is 0 Å². The van der Waals surface area contributed by atoms with E-state index in [1.165, 1.54) is 6.92 Å². The quantitative estimate of drug-likeness (QED) is 0.636. The van der Waals surface area contributed by atoms with Gasteiger partial charge in [-0.2, -0.15) is 21.6 Å². The first-order valence-electron chi connectivity index (χ1n) is 6.24. The van der Waals surface area contributed by atoms with Crippen LogP contribution >= 0.6 is 0 Å². The van der Waals surface area contributed by atoms with E-state index in [2.05, 4.69) is 4.18 Å². The van der Waals surface area contributed by atoms with E-state index in [1.807, 2.05) is 0 Å². The molecular weight excluding hydrogens is 313 g/mol. The molecule has 2 aliphatic carbocycles. The lowest BCUT2D eigenvalue weighted by atomic mass is 9.68. The summed E-state index contributed by atoms with van der Waals surface area (Å²) in [7, 11) is -5.88. The van der Waals surface area contributed by atoms with Crippen LogP contribution in [0.4, 0.5) is 13.2 Å². The summed E-state index contributed by atoms with van der Waals surface area (Å²) in [6.07, 6.45) is 0.532. The highest BCUT2D eigenvalue weighted by Gasteiger charge is 2.69. The Hall–Kier alpha value is -1.25. The minimum absolute atomic E-state index is 0.0556. The Kier molecular flexibility index (Phi) is 3.18. The molecule has 1 fully saturated rings. The zero-order valence-corrected chi connectivity index (χ0v) is 12.4. The Morgan fingerprint density at radius 3 is 2.33 bits per heavy atom. The van der Waals surface area contributed by atoms with Gasteiger partial charge in [0.2, 0.25) is 0 Å². The van der Waals surface area contributed by atoms with E-state index >= 15 is 0 Å². The number of halogens is 3. The van der Waals surface area contributed by atoms with Gasteiger partial charge in [0.25, 0.3) is 0 Å². The zero-order valence-electron chi connectivity index (χ0n) is 11.6. The molecule has 2 atom stereocenters. The molecule has 1 saturated carbocycles. The molecule has 0 saturated heterocycles. The van der Waals surface area contributed by atoms with Crippen molar-refractivity contribution in [1.29, 1.82) is 0 Å². The summed E-state index contributed by atoms with van der Waals surface area (Å²) >= 11 is 0. The standard InChI is InChI=1S/C12H15F3O5S/c1-6-7-4-5-11(9(16)17,10(7,2)3)8(6)20-21(18,19)12(13,14)15/h7H,4-5H2,1-3H3,(H,16,17)/t7-,11-/m0/s1. The number of alkyl halides is 3. The molecule has 9 heteroatoms. The summed E-state index contributed by atoms with van der Waals surface area (Å²) in [5.74, 6) is -2.25. The van der Waals surface area contributed by atoms with Gasteiger partial charge in [-0.25, -0.2) is 0 Å². The molecule has 0 aromatic heterocycles. The average Bonchev–Trinajstić information content (AvgIpc) is 2.63. The topological polar surface area (TPSA) is 80.7 Å². The van der Waals surface area contributed by atoms with Crippen molar-refractivity contribution in [3.8, 4) is 0 Å². The first-order chi connectivity index (χ1) is 9.29. The number of carboxylic acids is 1. The number of carbonyl (C=O) groups is 1. The van der Waals surface area contributed by atoms with Crippen LogP contribution in [0.5, 0.6) is 0 Å². The minimum atomic E-state index is -5.88. The molecule has 2 rings (SSSR count). The number of aliphatic carboxylic acids is 1. The van der Waals surface area contributed by atoms with E-state index in [9.17, 15) is 31.5 Å². The fraction of sp³-hybridized carbons (Fsp3) is 0.750. The summed E-state index contributed by atoms with van der Waals surface area (Å²) in [4.78, 5) is 11.7. The molecule has 0 radical (unpaired) electrons. The number of hydrogen-bond acceptors (Lipinski definition) is 4. The first-order valence-corrected chi connectivity index (χ1v) is 7.65.